The molecule has 0 spiro atoms. The fraction of sp³-hybridized carbons (Fsp3) is 0.825. The van der Waals surface area contributed by atoms with Crippen molar-refractivity contribution < 1.29 is 37.6 Å². The van der Waals surface area contributed by atoms with Crippen molar-refractivity contribution in [2.24, 2.45) is 5.92 Å². The zero-order valence-corrected chi connectivity index (χ0v) is 36.0. The fourth-order valence-corrected chi connectivity index (χ4v) is 9.44. The lowest BCUT2D eigenvalue weighted by molar-refractivity contribution is -0.349. The number of nitriles is 1. The molecular formula is C40H66BrNO8Si. The normalized spacial score (nSPS) is 32.1. The summed E-state index contributed by atoms with van der Waals surface area (Å²) in [5.41, 5.74) is 0.0288. The van der Waals surface area contributed by atoms with Crippen LogP contribution in [0.4, 0.5) is 0 Å². The Morgan fingerprint density at radius 2 is 1.45 bits per heavy atom. The van der Waals surface area contributed by atoms with Crippen molar-refractivity contribution in [1.29, 1.82) is 5.26 Å². The highest BCUT2D eigenvalue weighted by molar-refractivity contribution is 9.09. The van der Waals surface area contributed by atoms with Crippen LogP contribution in [0, 0.1) is 17.2 Å². The summed E-state index contributed by atoms with van der Waals surface area (Å²) in [6.45, 7) is 26.3. The van der Waals surface area contributed by atoms with Crippen molar-refractivity contribution in [1.82, 2.24) is 0 Å². The van der Waals surface area contributed by atoms with Crippen LogP contribution >= 0.6 is 15.9 Å². The molecule has 51 heavy (non-hydrogen) atoms. The minimum absolute atomic E-state index is 0.0150. The molecule has 3 aliphatic rings. The summed E-state index contributed by atoms with van der Waals surface area (Å²) >= 11 is 3.59. The summed E-state index contributed by atoms with van der Waals surface area (Å²) in [4.78, 5) is 0. The Morgan fingerprint density at radius 3 is 2.02 bits per heavy atom. The van der Waals surface area contributed by atoms with Gasteiger partial charge < -0.3 is 37.6 Å². The van der Waals surface area contributed by atoms with Crippen molar-refractivity contribution in [3.8, 4) is 6.07 Å². The van der Waals surface area contributed by atoms with Crippen LogP contribution in [0.1, 0.15) is 113 Å². The zero-order valence-electron chi connectivity index (χ0n) is 33.4. The van der Waals surface area contributed by atoms with Crippen molar-refractivity contribution in [2.75, 3.05) is 11.9 Å². The Bertz CT molecular complexity index is 1300. The molecule has 290 valence electrons. The van der Waals surface area contributed by atoms with Gasteiger partial charge in [0.15, 0.2) is 31.3 Å². The number of rotatable bonds is 14. The molecule has 3 heterocycles. The van der Waals surface area contributed by atoms with Crippen LogP contribution in [0.3, 0.4) is 0 Å². The molecule has 0 unspecified atom stereocenters. The predicted molar refractivity (Wildman–Crippen MR) is 205 cm³/mol. The van der Waals surface area contributed by atoms with Gasteiger partial charge in [-0.25, -0.2) is 0 Å². The summed E-state index contributed by atoms with van der Waals surface area (Å²) in [5, 5.41) is 11.7. The third-order valence-corrected chi connectivity index (χ3v) is 16.0. The summed E-state index contributed by atoms with van der Waals surface area (Å²) < 4.78 is 51.9. The molecule has 0 aromatic heterocycles. The molecule has 3 aliphatic heterocycles. The van der Waals surface area contributed by atoms with Gasteiger partial charge in [0.1, 0.15) is 0 Å². The van der Waals surface area contributed by atoms with Gasteiger partial charge in [-0.1, -0.05) is 74.0 Å². The second-order valence-electron chi connectivity index (χ2n) is 17.9. The number of hydrogen-bond acceptors (Lipinski definition) is 9. The van der Waals surface area contributed by atoms with Crippen molar-refractivity contribution in [3.63, 3.8) is 0 Å². The van der Waals surface area contributed by atoms with Gasteiger partial charge in [0.05, 0.1) is 49.3 Å². The smallest absolute Gasteiger partial charge is 0.192 e. The van der Waals surface area contributed by atoms with E-state index >= 15 is 0 Å². The van der Waals surface area contributed by atoms with E-state index in [1.807, 2.05) is 59.7 Å². The molecule has 0 amide bonds. The molecular weight excluding hydrogens is 730 g/mol. The van der Waals surface area contributed by atoms with Gasteiger partial charge in [-0.05, 0) is 71.7 Å². The topological polar surface area (TPSA) is 97.6 Å². The van der Waals surface area contributed by atoms with Crippen molar-refractivity contribution in [2.45, 2.75) is 192 Å². The van der Waals surface area contributed by atoms with Crippen LogP contribution in [0.5, 0.6) is 0 Å². The second kappa shape index (κ2) is 16.8. The van der Waals surface area contributed by atoms with E-state index in [9.17, 15) is 5.26 Å². The monoisotopic (exact) mass is 795 g/mol. The van der Waals surface area contributed by atoms with Crippen LogP contribution in [0.25, 0.3) is 0 Å². The largest absolute Gasteiger partial charge is 0.413 e. The summed E-state index contributed by atoms with van der Waals surface area (Å²) in [6.07, 6.45) is 2.96. The van der Waals surface area contributed by atoms with Gasteiger partial charge in [-0.2, -0.15) is 5.26 Å². The summed E-state index contributed by atoms with van der Waals surface area (Å²) in [5.74, 6) is -2.49. The van der Waals surface area contributed by atoms with Crippen molar-refractivity contribution in [3.05, 3.63) is 35.9 Å². The molecule has 0 saturated carbocycles. The number of alkyl halides is 1. The molecule has 0 N–H and O–H groups in total. The lowest BCUT2D eigenvalue weighted by atomic mass is 9.81. The van der Waals surface area contributed by atoms with E-state index in [0.29, 0.717) is 38.9 Å². The number of halogens is 1. The molecule has 3 saturated heterocycles. The van der Waals surface area contributed by atoms with E-state index in [1.165, 1.54) is 0 Å². The third kappa shape index (κ3) is 12.3. The maximum absolute atomic E-state index is 10.9. The van der Waals surface area contributed by atoms with Crippen LogP contribution in [0.2, 0.25) is 18.1 Å². The zero-order chi connectivity index (χ0) is 37.9. The van der Waals surface area contributed by atoms with E-state index in [2.05, 4.69) is 74.9 Å². The predicted octanol–water partition coefficient (Wildman–Crippen LogP) is 9.42. The number of nitrogens with zero attached hydrogens (tertiary/aromatic N) is 1. The van der Waals surface area contributed by atoms with E-state index < -0.39 is 31.3 Å². The number of hydrogen-bond donors (Lipinski definition) is 0. The van der Waals surface area contributed by atoms with E-state index in [0.717, 1.165) is 23.7 Å². The Hall–Kier alpha value is -0.913. The highest BCUT2D eigenvalue weighted by Gasteiger charge is 2.52. The van der Waals surface area contributed by atoms with Crippen LogP contribution in [-0.2, 0) is 44.2 Å². The quantitative estimate of drug-likeness (QED) is 0.104. The Morgan fingerprint density at radius 1 is 0.882 bits per heavy atom. The van der Waals surface area contributed by atoms with Crippen LogP contribution in [-0.4, -0.2) is 79.8 Å². The highest BCUT2D eigenvalue weighted by Crippen LogP contribution is 2.45. The highest BCUT2D eigenvalue weighted by atomic mass is 79.9. The average Bonchev–Trinajstić information content (AvgIpc) is 2.99. The Labute approximate surface area is 317 Å². The lowest BCUT2D eigenvalue weighted by Crippen LogP contribution is -2.58. The standard InChI is InChI=1S/C40H66BrNO8Si/c1-28(34(49-51(11,12)36(2,3)4)18-19-43-26-29-16-14-13-15-17-29)35-24-40(27-42,50-39(9,10)48-35)23-32-21-30(44-37(5,6)46-32)20-31-22-33(25-41)47-38(7,8)45-31/h13-17,28,30-35H,18-26H2,1-12H3/t28-,30-,31-,32+,33+,34-,35+,40+/m0/s1. The van der Waals surface area contributed by atoms with Gasteiger partial charge in [0.25, 0.3) is 0 Å². The van der Waals surface area contributed by atoms with Crippen LogP contribution in [0.15, 0.2) is 30.3 Å². The summed E-state index contributed by atoms with van der Waals surface area (Å²) in [7, 11) is -2.15. The molecule has 8 atom stereocenters. The molecule has 11 heteroatoms. The molecule has 3 fully saturated rings. The van der Waals surface area contributed by atoms with E-state index in [-0.39, 0.29) is 47.6 Å². The maximum Gasteiger partial charge on any atom is 0.192 e. The fourth-order valence-electron chi connectivity index (χ4n) is 7.60. The Kier molecular flexibility index (Phi) is 14.1. The molecule has 1 aromatic rings. The number of benzene rings is 1. The first-order valence-corrected chi connectivity index (χ1v) is 22.9. The van der Waals surface area contributed by atoms with Gasteiger partial charge in [0, 0.05) is 50.0 Å². The SMILES string of the molecule is C[C@@H]([C@H](CCOCc1ccccc1)O[Si](C)(C)C(C)(C)C)[C@H]1C[C@@](C#N)(C[C@H]2C[C@H](C[C@H]3C[C@H](CBr)OC(C)(C)O3)OC(C)(C)O2)OC(C)(C)O1. The molecule has 1 aromatic carbocycles. The molecule has 0 bridgehead atoms. The van der Waals surface area contributed by atoms with Gasteiger partial charge in [0.2, 0.25) is 0 Å². The third-order valence-electron chi connectivity index (χ3n) is 10.8. The first-order chi connectivity index (χ1) is 23.6. The summed E-state index contributed by atoms with van der Waals surface area (Å²) in [6, 6.07) is 12.8. The minimum atomic E-state index is -2.15. The van der Waals surface area contributed by atoms with E-state index in [1.54, 1.807) is 0 Å². The second-order valence-corrected chi connectivity index (χ2v) is 23.3. The molecule has 0 aliphatic carbocycles. The van der Waals surface area contributed by atoms with Gasteiger partial charge in [-0.15, -0.1) is 0 Å². The Balaban J connectivity index is 1.50. The van der Waals surface area contributed by atoms with Crippen molar-refractivity contribution >= 4 is 24.2 Å². The molecule has 0 radical (unpaired) electrons. The van der Waals surface area contributed by atoms with E-state index in [4.69, 9.17) is 37.6 Å². The lowest BCUT2D eigenvalue weighted by Gasteiger charge is -2.51. The van der Waals surface area contributed by atoms with Crippen LogP contribution < -0.4 is 0 Å². The van der Waals surface area contributed by atoms with Gasteiger partial charge >= 0.3 is 0 Å². The van der Waals surface area contributed by atoms with Gasteiger partial charge in [-0.3, -0.25) is 0 Å². The molecule has 9 nitrogen and oxygen atoms in total. The molecule has 4 rings (SSSR count). The number of ether oxygens (including phenoxy) is 7. The first-order valence-electron chi connectivity index (χ1n) is 18.9. The minimum Gasteiger partial charge on any atom is -0.413 e. The average molecular weight is 797 g/mol. The maximum atomic E-state index is 10.9. The first kappa shape index (κ1) is 42.8.